The normalized spacial score (nSPS) is 10.1. The molecule has 0 spiro atoms. The van der Waals surface area contributed by atoms with E-state index in [1.165, 1.54) is 17.5 Å². The standard InChI is InChI=1S/C8H4Cl2N2OS/c9-5-1-6(3-11-2-5)13-8-12-7(10)4-14-8/h1-4H. The zero-order chi connectivity index (χ0) is 9.97. The summed E-state index contributed by atoms with van der Waals surface area (Å²) in [7, 11) is 0. The number of rotatable bonds is 2. The number of hydrogen-bond acceptors (Lipinski definition) is 4. The smallest absolute Gasteiger partial charge is 0.280 e. The van der Waals surface area contributed by atoms with Crippen LogP contribution in [0.25, 0.3) is 0 Å². The molecule has 0 N–H and O–H groups in total. The van der Waals surface area contributed by atoms with E-state index in [9.17, 15) is 0 Å². The predicted octanol–water partition coefficient (Wildman–Crippen LogP) is 3.64. The molecule has 6 heteroatoms. The Morgan fingerprint density at radius 2 is 2.14 bits per heavy atom. The number of aromatic nitrogens is 2. The second-order valence-electron chi connectivity index (χ2n) is 2.38. The van der Waals surface area contributed by atoms with Gasteiger partial charge in [-0.05, 0) is 0 Å². The van der Waals surface area contributed by atoms with Crippen molar-refractivity contribution in [1.29, 1.82) is 0 Å². The Hall–Kier alpha value is -0.840. The minimum absolute atomic E-state index is 0.417. The molecule has 0 atom stereocenters. The molecule has 0 saturated carbocycles. The number of pyridine rings is 1. The summed E-state index contributed by atoms with van der Waals surface area (Å²) in [5, 5.41) is 3.10. The fourth-order valence-corrected chi connectivity index (χ4v) is 1.81. The van der Waals surface area contributed by atoms with Crippen molar-refractivity contribution < 1.29 is 4.74 Å². The molecule has 0 amide bonds. The zero-order valence-electron chi connectivity index (χ0n) is 6.78. The largest absolute Gasteiger partial charge is 0.429 e. The lowest BCUT2D eigenvalue weighted by atomic mass is 10.5. The maximum atomic E-state index is 5.73. The van der Waals surface area contributed by atoms with Crippen molar-refractivity contribution in [3.63, 3.8) is 0 Å². The molecule has 0 bridgehead atoms. The van der Waals surface area contributed by atoms with Crippen LogP contribution in [0.3, 0.4) is 0 Å². The third kappa shape index (κ3) is 2.35. The van der Waals surface area contributed by atoms with Gasteiger partial charge in [-0.2, -0.15) is 4.98 Å². The van der Waals surface area contributed by atoms with Crippen LogP contribution in [-0.2, 0) is 0 Å². The molecule has 2 heterocycles. The van der Waals surface area contributed by atoms with Crippen LogP contribution in [0, 0.1) is 0 Å². The summed E-state index contributed by atoms with van der Waals surface area (Å²) < 4.78 is 5.36. The van der Waals surface area contributed by atoms with Gasteiger partial charge in [0.05, 0.1) is 11.2 Å². The first-order valence-electron chi connectivity index (χ1n) is 3.63. The molecule has 0 aromatic carbocycles. The molecule has 0 saturated heterocycles. The van der Waals surface area contributed by atoms with Gasteiger partial charge in [-0.15, -0.1) is 0 Å². The highest BCUT2D eigenvalue weighted by Gasteiger charge is 2.02. The van der Waals surface area contributed by atoms with Crippen molar-refractivity contribution in [2.75, 3.05) is 0 Å². The topological polar surface area (TPSA) is 35.0 Å². The monoisotopic (exact) mass is 246 g/mol. The van der Waals surface area contributed by atoms with E-state index in [1.54, 1.807) is 17.6 Å². The van der Waals surface area contributed by atoms with Gasteiger partial charge < -0.3 is 4.74 Å². The second kappa shape index (κ2) is 4.13. The van der Waals surface area contributed by atoms with Gasteiger partial charge in [0.25, 0.3) is 5.19 Å². The van der Waals surface area contributed by atoms with Crippen LogP contribution < -0.4 is 4.74 Å². The molecule has 14 heavy (non-hydrogen) atoms. The highest BCUT2D eigenvalue weighted by atomic mass is 35.5. The van der Waals surface area contributed by atoms with E-state index in [-0.39, 0.29) is 0 Å². The minimum Gasteiger partial charge on any atom is -0.429 e. The molecule has 0 fully saturated rings. The van der Waals surface area contributed by atoms with Crippen molar-refractivity contribution >= 4 is 34.5 Å². The van der Waals surface area contributed by atoms with E-state index in [1.807, 2.05) is 0 Å². The van der Waals surface area contributed by atoms with Crippen LogP contribution in [0.4, 0.5) is 0 Å². The summed E-state index contributed by atoms with van der Waals surface area (Å²) >= 11 is 12.7. The van der Waals surface area contributed by atoms with Crippen LogP contribution in [0.5, 0.6) is 10.9 Å². The Labute approximate surface area is 94.3 Å². The lowest BCUT2D eigenvalue weighted by Crippen LogP contribution is -1.83. The lowest BCUT2D eigenvalue weighted by Gasteiger charge is -1.99. The van der Waals surface area contributed by atoms with Crippen LogP contribution in [-0.4, -0.2) is 9.97 Å². The van der Waals surface area contributed by atoms with Crippen LogP contribution >= 0.6 is 34.5 Å². The van der Waals surface area contributed by atoms with Gasteiger partial charge in [-0.1, -0.05) is 34.5 Å². The van der Waals surface area contributed by atoms with Gasteiger partial charge in [0.1, 0.15) is 10.9 Å². The molecule has 2 aromatic rings. The summed E-state index contributed by atoms with van der Waals surface area (Å²) in [5.74, 6) is 0.545. The van der Waals surface area contributed by atoms with Crippen LogP contribution in [0.15, 0.2) is 23.8 Å². The Kier molecular flexibility index (Phi) is 2.86. The van der Waals surface area contributed by atoms with Gasteiger partial charge in [-0.25, -0.2) is 0 Å². The molecular weight excluding hydrogens is 243 g/mol. The van der Waals surface area contributed by atoms with E-state index in [0.717, 1.165) is 0 Å². The van der Waals surface area contributed by atoms with Gasteiger partial charge in [-0.3, -0.25) is 4.98 Å². The minimum atomic E-state index is 0.417. The van der Waals surface area contributed by atoms with Gasteiger partial charge >= 0.3 is 0 Å². The molecule has 0 aliphatic heterocycles. The number of hydrogen-bond donors (Lipinski definition) is 0. The van der Waals surface area contributed by atoms with Gasteiger partial charge in [0.2, 0.25) is 0 Å². The maximum Gasteiger partial charge on any atom is 0.280 e. The maximum absolute atomic E-state index is 5.73. The molecule has 2 rings (SSSR count). The Bertz CT molecular complexity index is 446. The molecule has 0 aliphatic rings. The number of halogens is 2. The summed E-state index contributed by atoms with van der Waals surface area (Å²) in [6, 6.07) is 1.66. The Morgan fingerprint density at radius 1 is 1.29 bits per heavy atom. The molecule has 72 valence electrons. The van der Waals surface area contributed by atoms with E-state index in [0.29, 0.717) is 21.1 Å². The Morgan fingerprint density at radius 3 is 2.79 bits per heavy atom. The quantitative estimate of drug-likeness (QED) is 0.812. The third-order valence-electron chi connectivity index (χ3n) is 1.34. The van der Waals surface area contributed by atoms with E-state index in [4.69, 9.17) is 27.9 Å². The predicted molar refractivity (Wildman–Crippen MR) is 56.4 cm³/mol. The highest BCUT2D eigenvalue weighted by molar-refractivity contribution is 7.11. The zero-order valence-corrected chi connectivity index (χ0v) is 9.10. The van der Waals surface area contributed by atoms with Crippen molar-refractivity contribution in [2.24, 2.45) is 0 Å². The molecule has 2 aromatic heterocycles. The molecular formula is C8H4Cl2N2OS. The summed E-state index contributed by atoms with van der Waals surface area (Å²) in [6.45, 7) is 0. The summed E-state index contributed by atoms with van der Waals surface area (Å²) in [6.07, 6.45) is 3.09. The molecule has 0 unspecified atom stereocenters. The highest BCUT2D eigenvalue weighted by Crippen LogP contribution is 2.27. The van der Waals surface area contributed by atoms with Gasteiger partial charge in [0, 0.05) is 17.6 Å². The van der Waals surface area contributed by atoms with Crippen molar-refractivity contribution in [3.8, 4) is 10.9 Å². The fraction of sp³-hybridized carbons (Fsp3) is 0. The second-order valence-corrected chi connectivity index (χ2v) is 4.02. The van der Waals surface area contributed by atoms with Crippen molar-refractivity contribution in [3.05, 3.63) is 34.0 Å². The van der Waals surface area contributed by atoms with Gasteiger partial charge in [0.15, 0.2) is 0 Å². The number of thiazole rings is 1. The average Bonchev–Trinajstić information content (AvgIpc) is 2.51. The van der Waals surface area contributed by atoms with E-state index in [2.05, 4.69) is 9.97 Å². The first-order chi connectivity index (χ1) is 6.74. The number of nitrogens with zero attached hydrogens (tertiary/aromatic N) is 2. The third-order valence-corrected chi connectivity index (χ3v) is 2.59. The average molecular weight is 247 g/mol. The van der Waals surface area contributed by atoms with Crippen molar-refractivity contribution in [2.45, 2.75) is 0 Å². The first-order valence-corrected chi connectivity index (χ1v) is 5.27. The molecule has 3 nitrogen and oxygen atoms in total. The summed E-state index contributed by atoms with van der Waals surface area (Å²) in [4.78, 5) is 7.80. The van der Waals surface area contributed by atoms with E-state index < -0.39 is 0 Å². The summed E-state index contributed by atoms with van der Waals surface area (Å²) in [5.41, 5.74) is 0. The van der Waals surface area contributed by atoms with E-state index >= 15 is 0 Å². The molecule has 0 aliphatic carbocycles. The first kappa shape index (κ1) is 9.71. The van der Waals surface area contributed by atoms with Crippen molar-refractivity contribution in [1.82, 2.24) is 9.97 Å². The van der Waals surface area contributed by atoms with Crippen LogP contribution in [0.2, 0.25) is 10.2 Å². The number of ether oxygens (including phenoxy) is 1. The Balaban J connectivity index is 2.18. The van der Waals surface area contributed by atoms with Crippen LogP contribution in [0.1, 0.15) is 0 Å². The SMILES string of the molecule is Clc1cncc(Oc2nc(Cl)cs2)c1. The fourth-order valence-electron chi connectivity index (χ4n) is 0.835. The molecule has 0 radical (unpaired) electrons. The lowest BCUT2D eigenvalue weighted by molar-refractivity contribution is 0.476.